The fourth-order valence-corrected chi connectivity index (χ4v) is 3.83. The standard InChI is InChI=1S/C22H24Cl2N2O2/c1-28-18-7-5-16(6-8-18)15-26-13-11-17(12-14-26)25-22(27)10-9-19-20(23)3-2-4-21(19)24/h2-10,17H,11-15H2,1H3,(H,25,27). The highest BCUT2D eigenvalue weighted by molar-refractivity contribution is 6.37. The molecule has 2 aromatic rings. The minimum Gasteiger partial charge on any atom is -0.497 e. The van der Waals surface area contributed by atoms with Gasteiger partial charge in [0.1, 0.15) is 5.75 Å². The molecule has 0 bridgehead atoms. The lowest BCUT2D eigenvalue weighted by atomic mass is 10.0. The van der Waals surface area contributed by atoms with Crippen molar-refractivity contribution >= 4 is 35.2 Å². The number of piperidine rings is 1. The Labute approximate surface area is 176 Å². The fourth-order valence-electron chi connectivity index (χ4n) is 3.30. The minimum absolute atomic E-state index is 0.121. The number of hydrogen-bond acceptors (Lipinski definition) is 3. The molecule has 0 aliphatic carbocycles. The second-order valence-corrected chi connectivity index (χ2v) is 7.69. The number of rotatable bonds is 6. The lowest BCUT2D eigenvalue weighted by Gasteiger charge is -2.32. The number of halogens is 2. The second kappa shape index (κ2) is 9.97. The summed E-state index contributed by atoms with van der Waals surface area (Å²) in [5.41, 5.74) is 1.93. The average Bonchev–Trinajstić information content (AvgIpc) is 2.70. The molecule has 0 radical (unpaired) electrons. The number of likely N-dealkylation sites (tertiary alicyclic amines) is 1. The number of amides is 1. The monoisotopic (exact) mass is 418 g/mol. The molecule has 148 valence electrons. The fraction of sp³-hybridized carbons (Fsp3) is 0.318. The van der Waals surface area contributed by atoms with Gasteiger partial charge < -0.3 is 10.1 Å². The number of hydrogen-bond donors (Lipinski definition) is 1. The van der Waals surface area contributed by atoms with Crippen LogP contribution in [0.15, 0.2) is 48.5 Å². The van der Waals surface area contributed by atoms with E-state index in [4.69, 9.17) is 27.9 Å². The van der Waals surface area contributed by atoms with Gasteiger partial charge >= 0.3 is 0 Å². The van der Waals surface area contributed by atoms with Crippen LogP contribution in [0.1, 0.15) is 24.0 Å². The predicted octanol–water partition coefficient (Wildman–Crippen LogP) is 4.80. The summed E-state index contributed by atoms with van der Waals surface area (Å²) in [5, 5.41) is 4.13. The maximum absolute atomic E-state index is 12.2. The van der Waals surface area contributed by atoms with E-state index in [1.165, 1.54) is 11.6 Å². The van der Waals surface area contributed by atoms with Crippen LogP contribution in [0.3, 0.4) is 0 Å². The molecule has 0 spiro atoms. The first-order valence-electron chi connectivity index (χ1n) is 9.33. The zero-order valence-electron chi connectivity index (χ0n) is 15.8. The Morgan fingerprint density at radius 1 is 1.14 bits per heavy atom. The Balaban J connectivity index is 1.45. The van der Waals surface area contributed by atoms with E-state index in [-0.39, 0.29) is 11.9 Å². The van der Waals surface area contributed by atoms with E-state index >= 15 is 0 Å². The van der Waals surface area contributed by atoms with Crippen molar-refractivity contribution in [2.75, 3.05) is 20.2 Å². The van der Waals surface area contributed by atoms with Gasteiger partial charge in [-0.1, -0.05) is 41.4 Å². The summed E-state index contributed by atoms with van der Waals surface area (Å²) in [6, 6.07) is 13.6. The summed E-state index contributed by atoms with van der Waals surface area (Å²) in [4.78, 5) is 14.6. The minimum atomic E-state index is -0.121. The molecule has 3 rings (SSSR count). The zero-order valence-corrected chi connectivity index (χ0v) is 17.3. The van der Waals surface area contributed by atoms with Gasteiger partial charge in [-0.25, -0.2) is 0 Å². The molecule has 0 atom stereocenters. The quantitative estimate of drug-likeness (QED) is 0.685. The number of carbonyl (C=O) groups excluding carboxylic acids is 1. The molecular weight excluding hydrogens is 395 g/mol. The van der Waals surface area contributed by atoms with Gasteiger partial charge in [-0.15, -0.1) is 0 Å². The lowest BCUT2D eigenvalue weighted by Crippen LogP contribution is -2.43. The highest BCUT2D eigenvalue weighted by Crippen LogP contribution is 2.25. The topological polar surface area (TPSA) is 41.6 Å². The second-order valence-electron chi connectivity index (χ2n) is 6.88. The van der Waals surface area contributed by atoms with Crippen LogP contribution < -0.4 is 10.1 Å². The molecule has 0 unspecified atom stereocenters. The number of ether oxygens (including phenoxy) is 1. The molecule has 28 heavy (non-hydrogen) atoms. The first kappa shape index (κ1) is 20.7. The van der Waals surface area contributed by atoms with Crippen LogP contribution in [-0.2, 0) is 11.3 Å². The molecule has 1 saturated heterocycles. The molecule has 2 aromatic carbocycles. The normalized spacial score (nSPS) is 15.7. The molecule has 0 aromatic heterocycles. The molecule has 4 nitrogen and oxygen atoms in total. The van der Waals surface area contributed by atoms with E-state index in [1.807, 2.05) is 12.1 Å². The van der Waals surface area contributed by atoms with Crippen molar-refractivity contribution in [2.45, 2.75) is 25.4 Å². The van der Waals surface area contributed by atoms with Crippen molar-refractivity contribution in [3.05, 3.63) is 69.7 Å². The van der Waals surface area contributed by atoms with Crippen LogP contribution in [0, 0.1) is 0 Å². The summed E-state index contributed by atoms with van der Waals surface area (Å²) in [6.07, 6.45) is 5.03. The molecule has 1 amide bonds. The van der Waals surface area contributed by atoms with Gasteiger partial charge in [0, 0.05) is 47.4 Å². The predicted molar refractivity (Wildman–Crippen MR) is 115 cm³/mol. The maximum Gasteiger partial charge on any atom is 0.244 e. The number of benzene rings is 2. The van der Waals surface area contributed by atoms with Crippen LogP contribution in [0.5, 0.6) is 5.75 Å². The summed E-state index contributed by atoms with van der Waals surface area (Å²) < 4.78 is 5.20. The largest absolute Gasteiger partial charge is 0.497 e. The molecule has 1 fully saturated rings. The summed E-state index contributed by atoms with van der Waals surface area (Å²) in [6.45, 7) is 2.82. The Bertz CT molecular complexity index is 809. The number of nitrogens with zero attached hydrogens (tertiary/aromatic N) is 1. The lowest BCUT2D eigenvalue weighted by molar-refractivity contribution is -0.117. The van der Waals surface area contributed by atoms with Crippen LogP contribution in [0.25, 0.3) is 6.08 Å². The number of nitrogens with one attached hydrogen (secondary N) is 1. The van der Waals surface area contributed by atoms with Crippen molar-refractivity contribution in [3.63, 3.8) is 0 Å². The molecule has 1 aliphatic heterocycles. The van der Waals surface area contributed by atoms with Crippen LogP contribution >= 0.6 is 23.2 Å². The van der Waals surface area contributed by atoms with Gasteiger partial charge in [0.25, 0.3) is 0 Å². The van der Waals surface area contributed by atoms with Crippen molar-refractivity contribution in [3.8, 4) is 5.75 Å². The van der Waals surface area contributed by atoms with Crippen molar-refractivity contribution in [1.82, 2.24) is 10.2 Å². The van der Waals surface area contributed by atoms with Gasteiger partial charge in [0.05, 0.1) is 7.11 Å². The van der Waals surface area contributed by atoms with E-state index in [2.05, 4.69) is 22.3 Å². The zero-order chi connectivity index (χ0) is 19.9. The molecule has 0 saturated carbocycles. The van der Waals surface area contributed by atoms with Gasteiger partial charge in [-0.3, -0.25) is 9.69 Å². The molecule has 1 aliphatic rings. The highest BCUT2D eigenvalue weighted by atomic mass is 35.5. The first-order valence-corrected chi connectivity index (χ1v) is 10.1. The van der Waals surface area contributed by atoms with Crippen LogP contribution in [-0.4, -0.2) is 37.0 Å². The third-order valence-electron chi connectivity index (χ3n) is 4.90. The first-order chi connectivity index (χ1) is 13.5. The maximum atomic E-state index is 12.2. The van der Waals surface area contributed by atoms with E-state index in [1.54, 1.807) is 31.4 Å². The molecular formula is C22H24Cl2N2O2. The van der Waals surface area contributed by atoms with E-state index in [9.17, 15) is 4.79 Å². The average molecular weight is 419 g/mol. The third-order valence-corrected chi connectivity index (χ3v) is 5.56. The summed E-state index contributed by atoms with van der Waals surface area (Å²) in [5.74, 6) is 0.751. The van der Waals surface area contributed by atoms with Gasteiger partial charge in [-0.05, 0) is 48.7 Å². The van der Waals surface area contributed by atoms with Crippen LogP contribution in [0.2, 0.25) is 10.0 Å². The smallest absolute Gasteiger partial charge is 0.244 e. The van der Waals surface area contributed by atoms with E-state index in [0.717, 1.165) is 38.2 Å². The van der Waals surface area contributed by atoms with E-state index in [0.29, 0.717) is 15.6 Å². The Hall–Kier alpha value is -2.01. The highest BCUT2D eigenvalue weighted by Gasteiger charge is 2.20. The van der Waals surface area contributed by atoms with E-state index < -0.39 is 0 Å². The van der Waals surface area contributed by atoms with Crippen molar-refractivity contribution in [1.29, 1.82) is 0 Å². The molecule has 1 heterocycles. The molecule has 6 heteroatoms. The van der Waals surface area contributed by atoms with Gasteiger partial charge in [0.2, 0.25) is 5.91 Å². The number of methoxy groups -OCH3 is 1. The Morgan fingerprint density at radius 2 is 1.79 bits per heavy atom. The molecule has 1 N–H and O–H groups in total. The number of carbonyl (C=O) groups is 1. The summed E-state index contributed by atoms with van der Waals surface area (Å²) >= 11 is 12.2. The summed E-state index contributed by atoms with van der Waals surface area (Å²) in [7, 11) is 1.67. The third kappa shape index (κ3) is 5.74. The van der Waals surface area contributed by atoms with Crippen molar-refractivity contribution in [2.24, 2.45) is 0 Å². The van der Waals surface area contributed by atoms with Gasteiger partial charge in [0.15, 0.2) is 0 Å². The Kier molecular flexibility index (Phi) is 7.37. The SMILES string of the molecule is COc1ccc(CN2CCC(NC(=O)C=Cc3c(Cl)cccc3Cl)CC2)cc1. The van der Waals surface area contributed by atoms with Crippen molar-refractivity contribution < 1.29 is 9.53 Å². The van der Waals surface area contributed by atoms with Gasteiger partial charge in [-0.2, -0.15) is 0 Å². The Morgan fingerprint density at radius 3 is 2.39 bits per heavy atom. The van der Waals surface area contributed by atoms with Crippen LogP contribution in [0.4, 0.5) is 0 Å².